The van der Waals surface area contributed by atoms with Crippen molar-refractivity contribution in [1.29, 1.82) is 0 Å². The summed E-state index contributed by atoms with van der Waals surface area (Å²) in [5, 5.41) is 6.15. The summed E-state index contributed by atoms with van der Waals surface area (Å²) >= 11 is 0. The maximum Gasteiger partial charge on any atom is 0.262 e. The average Bonchev–Trinajstić information content (AvgIpc) is 2.72. The molecule has 1 aliphatic heterocycles. The Morgan fingerprint density at radius 1 is 1.11 bits per heavy atom. The molecule has 0 radical (unpaired) electrons. The van der Waals surface area contributed by atoms with Gasteiger partial charge in [0.2, 0.25) is 0 Å². The van der Waals surface area contributed by atoms with Crippen LogP contribution in [0.3, 0.4) is 0 Å². The topological polar surface area (TPSA) is 72.5 Å². The maximum atomic E-state index is 11.3. The summed E-state index contributed by atoms with van der Waals surface area (Å²) in [6.07, 6.45) is 3.54. The molecule has 1 amide bonds. The minimum Gasteiger partial charge on any atom is -0.489 e. The van der Waals surface area contributed by atoms with E-state index < -0.39 is 0 Å². The van der Waals surface area contributed by atoms with Crippen molar-refractivity contribution in [3.8, 4) is 11.5 Å². The largest absolute Gasteiger partial charge is 0.489 e. The van der Waals surface area contributed by atoms with Crippen molar-refractivity contribution in [2.24, 2.45) is 0 Å². The summed E-state index contributed by atoms with van der Waals surface area (Å²) < 4.78 is 11.3. The lowest BCUT2D eigenvalue weighted by molar-refractivity contribution is -0.118. The molecule has 0 aliphatic carbocycles. The molecule has 0 saturated carbocycles. The quantitative estimate of drug-likeness (QED) is 0.702. The molecule has 0 bridgehead atoms. The number of hydrogen-bond donors (Lipinski definition) is 2. The van der Waals surface area contributed by atoms with E-state index in [0.717, 1.165) is 22.6 Å². The standard InChI is InChI=1S/C21H19N3O3/c25-21-14-27-20-10-17(6-7-19(20)24-21)23-12-15-3-1-5-18(9-15)26-13-16-4-2-8-22-11-16/h1-11,23H,12-14H2,(H,24,25). The summed E-state index contributed by atoms with van der Waals surface area (Å²) in [7, 11) is 0. The molecule has 2 heterocycles. The zero-order valence-corrected chi connectivity index (χ0v) is 14.6. The molecule has 1 aliphatic rings. The highest BCUT2D eigenvalue weighted by molar-refractivity contribution is 5.95. The fourth-order valence-corrected chi connectivity index (χ4v) is 2.78. The number of amides is 1. The lowest BCUT2D eigenvalue weighted by Crippen LogP contribution is -2.25. The van der Waals surface area contributed by atoms with Crippen LogP contribution in [0.1, 0.15) is 11.1 Å². The van der Waals surface area contributed by atoms with Gasteiger partial charge in [0, 0.05) is 36.3 Å². The van der Waals surface area contributed by atoms with E-state index in [2.05, 4.69) is 15.6 Å². The first-order valence-corrected chi connectivity index (χ1v) is 8.67. The van der Waals surface area contributed by atoms with Crippen molar-refractivity contribution >= 4 is 17.3 Å². The Labute approximate surface area is 157 Å². The SMILES string of the molecule is O=C1COc2cc(NCc3cccc(OCc4cccnc4)c3)ccc2N1. The molecule has 2 N–H and O–H groups in total. The zero-order chi connectivity index (χ0) is 18.5. The second-order valence-electron chi connectivity index (χ2n) is 6.20. The summed E-state index contributed by atoms with van der Waals surface area (Å²) in [6.45, 7) is 1.18. The summed E-state index contributed by atoms with van der Waals surface area (Å²) in [6, 6.07) is 17.5. The van der Waals surface area contributed by atoms with Crippen LogP contribution in [0.15, 0.2) is 67.0 Å². The van der Waals surface area contributed by atoms with Gasteiger partial charge in [-0.25, -0.2) is 0 Å². The van der Waals surface area contributed by atoms with Gasteiger partial charge in [-0.15, -0.1) is 0 Å². The van der Waals surface area contributed by atoms with Gasteiger partial charge < -0.3 is 20.1 Å². The van der Waals surface area contributed by atoms with Gasteiger partial charge >= 0.3 is 0 Å². The number of carbonyl (C=O) groups is 1. The second kappa shape index (κ2) is 7.78. The molecule has 6 nitrogen and oxygen atoms in total. The molecule has 0 spiro atoms. The molecule has 27 heavy (non-hydrogen) atoms. The van der Waals surface area contributed by atoms with Crippen molar-refractivity contribution in [3.63, 3.8) is 0 Å². The fourth-order valence-electron chi connectivity index (χ4n) is 2.78. The summed E-state index contributed by atoms with van der Waals surface area (Å²) in [5.74, 6) is 1.36. The number of benzene rings is 2. The summed E-state index contributed by atoms with van der Waals surface area (Å²) in [5.41, 5.74) is 3.75. The number of pyridine rings is 1. The van der Waals surface area contributed by atoms with E-state index in [4.69, 9.17) is 9.47 Å². The molecular weight excluding hydrogens is 342 g/mol. The van der Waals surface area contributed by atoms with Crippen molar-refractivity contribution in [1.82, 2.24) is 4.98 Å². The van der Waals surface area contributed by atoms with Gasteiger partial charge in [0.1, 0.15) is 18.1 Å². The number of rotatable bonds is 6. The third-order valence-corrected chi connectivity index (χ3v) is 4.14. The first-order chi connectivity index (χ1) is 13.3. The highest BCUT2D eigenvalue weighted by atomic mass is 16.5. The lowest BCUT2D eigenvalue weighted by Gasteiger charge is -2.19. The molecule has 1 aromatic heterocycles. The molecule has 0 fully saturated rings. The first-order valence-electron chi connectivity index (χ1n) is 8.67. The van der Waals surface area contributed by atoms with Crippen LogP contribution in [0.25, 0.3) is 0 Å². The van der Waals surface area contributed by atoms with Gasteiger partial charge in [-0.05, 0) is 35.9 Å². The minimum atomic E-state index is -0.133. The van der Waals surface area contributed by atoms with Gasteiger partial charge in [-0.2, -0.15) is 0 Å². The Kier molecular flexibility index (Phi) is 4.87. The van der Waals surface area contributed by atoms with E-state index in [-0.39, 0.29) is 12.5 Å². The van der Waals surface area contributed by atoms with Gasteiger partial charge in [0.05, 0.1) is 5.69 Å². The van der Waals surface area contributed by atoms with Gasteiger partial charge in [0.15, 0.2) is 6.61 Å². The highest BCUT2D eigenvalue weighted by Crippen LogP contribution is 2.30. The van der Waals surface area contributed by atoms with E-state index in [9.17, 15) is 4.79 Å². The van der Waals surface area contributed by atoms with Crippen LogP contribution < -0.4 is 20.1 Å². The Morgan fingerprint density at radius 3 is 2.93 bits per heavy atom. The first kappa shape index (κ1) is 16.9. The van der Waals surface area contributed by atoms with Gasteiger partial charge in [0.25, 0.3) is 5.91 Å². The normalized spacial score (nSPS) is 12.5. The van der Waals surface area contributed by atoms with Crippen LogP contribution >= 0.6 is 0 Å². The zero-order valence-electron chi connectivity index (χ0n) is 14.6. The lowest BCUT2D eigenvalue weighted by atomic mass is 10.2. The van der Waals surface area contributed by atoms with Crippen LogP contribution in [0, 0.1) is 0 Å². The Hall–Kier alpha value is -3.54. The van der Waals surface area contributed by atoms with E-state index in [1.807, 2.05) is 54.6 Å². The van der Waals surface area contributed by atoms with E-state index in [1.54, 1.807) is 12.4 Å². The van der Waals surface area contributed by atoms with E-state index in [0.29, 0.717) is 24.6 Å². The van der Waals surface area contributed by atoms with Crippen molar-refractivity contribution in [2.75, 3.05) is 17.2 Å². The van der Waals surface area contributed by atoms with Crippen LogP contribution in [-0.4, -0.2) is 17.5 Å². The molecule has 136 valence electrons. The predicted octanol–water partition coefficient (Wildman–Crippen LogP) is 3.60. The third-order valence-electron chi connectivity index (χ3n) is 4.14. The Bertz CT molecular complexity index is 944. The minimum absolute atomic E-state index is 0.0484. The molecule has 3 aromatic rings. The molecule has 2 aromatic carbocycles. The average molecular weight is 361 g/mol. The predicted molar refractivity (Wildman–Crippen MR) is 103 cm³/mol. The van der Waals surface area contributed by atoms with Crippen LogP contribution in [-0.2, 0) is 17.9 Å². The van der Waals surface area contributed by atoms with Crippen LogP contribution in [0.2, 0.25) is 0 Å². The van der Waals surface area contributed by atoms with E-state index in [1.165, 1.54) is 0 Å². The van der Waals surface area contributed by atoms with Gasteiger partial charge in [-0.3, -0.25) is 9.78 Å². The smallest absolute Gasteiger partial charge is 0.262 e. The number of hydrogen-bond acceptors (Lipinski definition) is 5. The van der Waals surface area contributed by atoms with Crippen molar-refractivity contribution in [3.05, 3.63) is 78.1 Å². The molecule has 4 rings (SSSR count). The number of ether oxygens (including phenoxy) is 2. The molecule has 0 saturated heterocycles. The van der Waals surface area contributed by atoms with Crippen molar-refractivity contribution < 1.29 is 14.3 Å². The highest BCUT2D eigenvalue weighted by Gasteiger charge is 2.15. The number of carbonyl (C=O) groups excluding carboxylic acids is 1. The molecule has 6 heteroatoms. The summed E-state index contributed by atoms with van der Waals surface area (Å²) in [4.78, 5) is 15.4. The number of fused-ring (bicyclic) bond motifs is 1. The molecule has 0 unspecified atom stereocenters. The number of nitrogens with one attached hydrogen (secondary N) is 2. The monoisotopic (exact) mass is 361 g/mol. The van der Waals surface area contributed by atoms with E-state index >= 15 is 0 Å². The Morgan fingerprint density at radius 2 is 2.04 bits per heavy atom. The number of aromatic nitrogens is 1. The van der Waals surface area contributed by atoms with Crippen LogP contribution in [0.5, 0.6) is 11.5 Å². The second-order valence-corrected chi connectivity index (χ2v) is 6.20. The maximum absolute atomic E-state index is 11.3. The molecule has 0 atom stereocenters. The van der Waals surface area contributed by atoms with Gasteiger partial charge in [-0.1, -0.05) is 18.2 Å². The Balaban J connectivity index is 1.36. The third kappa shape index (κ3) is 4.36. The number of nitrogens with zero attached hydrogens (tertiary/aromatic N) is 1. The number of anilines is 2. The van der Waals surface area contributed by atoms with Crippen molar-refractivity contribution in [2.45, 2.75) is 13.2 Å². The van der Waals surface area contributed by atoms with Crippen LogP contribution in [0.4, 0.5) is 11.4 Å². The fraction of sp³-hybridized carbons (Fsp3) is 0.143. The molecular formula is C21H19N3O3.